The molecule has 2 N–H and O–H groups in total. The number of hydrogen-bond donors (Lipinski definition) is 2. The molecule has 5 heteroatoms. The van der Waals surface area contributed by atoms with Crippen molar-refractivity contribution in [2.24, 2.45) is 7.05 Å². The lowest BCUT2D eigenvalue weighted by atomic mass is 10.4. The second kappa shape index (κ2) is 5.50. The smallest absolute Gasteiger partial charge is 0.234 e. The zero-order chi connectivity index (χ0) is 11.3. The van der Waals surface area contributed by atoms with E-state index in [-0.39, 0.29) is 5.91 Å². The van der Waals surface area contributed by atoms with Crippen LogP contribution in [0.25, 0.3) is 0 Å². The van der Waals surface area contributed by atoms with Gasteiger partial charge in [-0.1, -0.05) is 13.8 Å². The van der Waals surface area contributed by atoms with E-state index >= 15 is 0 Å². The van der Waals surface area contributed by atoms with E-state index in [1.807, 2.05) is 27.0 Å². The van der Waals surface area contributed by atoms with E-state index in [2.05, 4.69) is 15.7 Å². The van der Waals surface area contributed by atoms with Crippen LogP contribution in [0, 0.1) is 0 Å². The fourth-order valence-electron chi connectivity index (χ4n) is 1.12. The second-order valence-electron chi connectivity index (χ2n) is 3.76. The van der Waals surface area contributed by atoms with E-state index in [1.54, 1.807) is 10.9 Å². The number of aromatic nitrogens is 2. The minimum absolute atomic E-state index is 0.00454. The van der Waals surface area contributed by atoms with Crippen LogP contribution in [0.15, 0.2) is 12.3 Å². The standard InChI is InChI=1S/C10H18N4O/c1-8(2)11-7-10(15)12-6-9-4-5-13-14(9)3/h4-5,8,11H,6-7H2,1-3H3,(H,12,15). The molecule has 84 valence electrons. The van der Waals surface area contributed by atoms with Crippen LogP contribution in [-0.4, -0.2) is 28.3 Å². The Morgan fingerprint density at radius 3 is 2.87 bits per heavy atom. The number of carbonyl (C=O) groups is 1. The molecule has 1 aromatic heterocycles. The highest BCUT2D eigenvalue weighted by Gasteiger charge is 2.03. The number of amides is 1. The van der Waals surface area contributed by atoms with Gasteiger partial charge in [0.15, 0.2) is 0 Å². The molecule has 0 aliphatic heterocycles. The average Bonchev–Trinajstić information content (AvgIpc) is 2.58. The number of rotatable bonds is 5. The van der Waals surface area contributed by atoms with Gasteiger partial charge in [0, 0.05) is 19.3 Å². The summed E-state index contributed by atoms with van der Waals surface area (Å²) in [5.41, 5.74) is 0.993. The highest BCUT2D eigenvalue weighted by atomic mass is 16.1. The maximum atomic E-state index is 11.4. The first-order valence-corrected chi connectivity index (χ1v) is 5.06. The molecule has 0 saturated carbocycles. The zero-order valence-electron chi connectivity index (χ0n) is 9.45. The van der Waals surface area contributed by atoms with E-state index in [0.717, 1.165) is 5.69 Å². The van der Waals surface area contributed by atoms with Crippen molar-refractivity contribution in [3.63, 3.8) is 0 Å². The quantitative estimate of drug-likeness (QED) is 0.721. The van der Waals surface area contributed by atoms with Gasteiger partial charge in [-0.25, -0.2) is 0 Å². The first kappa shape index (κ1) is 11.7. The Hall–Kier alpha value is -1.36. The topological polar surface area (TPSA) is 59.0 Å². The third kappa shape index (κ3) is 4.12. The summed E-state index contributed by atoms with van der Waals surface area (Å²) in [4.78, 5) is 11.4. The second-order valence-corrected chi connectivity index (χ2v) is 3.76. The summed E-state index contributed by atoms with van der Waals surface area (Å²) < 4.78 is 1.75. The number of aryl methyl sites for hydroxylation is 1. The SMILES string of the molecule is CC(C)NCC(=O)NCc1ccnn1C. The van der Waals surface area contributed by atoms with Crippen molar-refractivity contribution in [3.05, 3.63) is 18.0 Å². The Labute approximate surface area is 89.9 Å². The summed E-state index contributed by atoms with van der Waals surface area (Å²) in [5.74, 6) is 0.00454. The number of hydrogen-bond acceptors (Lipinski definition) is 3. The summed E-state index contributed by atoms with van der Waals surface area (Å²) in [7, 11) is 1.86. The first-order valence-electron chi connectivity index (χ1n) is 5.06. The third-order valence-corrected chi connectivity index (χ3v) is 2.06. The molecule has 0 fully saturated rings. The van der Waals surface area contributed by atoms with E-state index < -0.39 is 0 Å². The Balaban J connectivity index is 2.26. The number of carbonyl (C=O) groups excluding carboxylic acids is 1. The maximum absolute atomic E-state index is 11.4. The monoisotopic (exact) mass is 210 g/mol. The predicted molar refractivity (Wildman–Crippen MR) is 58.2 cm³/mol. The molecule has 0 radical (unpaired) electrons. The largest absolute Gasteiger partial charge is 0.349 e. The molecule has 0 aliphatic rings. The van der Waals surface area contributed by atoms with Crippen LogP contribution in [-0.2, 0) is 18.4 Å². The van der Waals surface area contributed by atoms with E-state index in [9.17, 15) is 4.79 Å². The Bertz CT molecular complexity index is 319. The van der Waals surface area contributed by atoms with Crippen LogP contribution in [0.4, 0.5) is 0 Å². The molecule has 0 aliphatic carbocycles. The van der Waals surface area contributed by atoms with Gasteiger partial charge in [0.1, 0.15) is 0 Å². The van der Waals surface area contributed by atoms with Crippen LogP contribution in [0.3, 0.4) is 0 Å². The van der Waals surface area contributed by atoms with Crippen molar-refractivity contribution in [3.8, 4) is 0 Å². The summed E-state index contributed by atoms with van der Waals surface area (Å²) in [6.07, 6.45) is 1.72. The zero-order valence-corrected chi connectivity index (χ0v) is 9.45. The fraction of sp³-hybridized carbons (Fsp3) is 0.600. The van der Waals surface area contributed by atoms with E-state index in [1.165, 1.54) is 0 Å². The molecule has 0 aromatic carbocycles. The normalized spacial score (nSPS) is 10.7. The van der Waals surface area contributed by atoms with Gasteiger partial charge in [0.2, 0.25) is 5.91 Å². The minimum Gasteiger partial charge on any atom is -0.349 e. The van der Waals surface area contributed by atoms with Crippen LogP contribution in [0.5, 0.6) is 0 Å². The van der Waals surface area contributed by atoms with Crippen LogP contribution in [0.2, 0.25) is 0 Å². The molecule has 0 bridgehead atoms. The Morgan fingerprint density at radius 1 is 1.60 bits per heavy atom. The number of nitrogens with one attached hydrogen (secondary N) is 2. The molecule has 1 heterocycles. The van der Waals surface area contributed by atoms with Crippen LogP contribution in [0.1, 0.15) is 19.5 Å². The van der Waals surface area contributed by atoms with Gasteiger partial charge in [-0.05, 0) is 6.07 Å². The molecule has 0 spiro atoms. The molecule has 0 atom stereocenters. The predicted octanol–water partition coefficient (Wildman–Crippen LogP) is 0.0343. The highest BCUT2D eigenvalue weighted by molar-refractivity contribution is 5.77. The van der Waals surface area contributed by atoms with Crippen molar-refractivity contribution in [2.45, 2.75) is 26.4 Å². The summed E-state index contributed by atoms with van der Waals surface area (Å²) in [6.45, 7) is 4.90. The summed E-state index contributed by atoms with van der Waals surface area (Å²) >= 11 is 0. The minimum atomic E-state index is 0.00454. The van der Waals surface area contributed by atoms with Gasteiger partial charge in [-0.15, -0.1) is 0 Å². The first-order chi connectivity index (χ1) is 7.09. The van der Waals surface area contributed by atoms with Crippen LogP contribution >= 0.6 is 0 Å². The van der Waals surface area contributed by atoms with Crippen molar-refractivity contribution in [2.75, 3.05) is 6.54 Å². The van der Waals surface area contributed by atoms with Gasteiger partial charge >= 0.3 is 0 Å². The molecule has 0 unspecified atom stereocenters. The summed E-state index contributed by atoms with van der Waals surface area (Å²) in [6, 6.07) is 2.21. The fourth-order valence-corrected chi connectivity index (χ4v) is 1.12. The third-order valence-electron chi connectivity index (χ3n) is 2.06. The van der Waals surface area contributed by atoms with Crippen molar-refractivity contribution < 1.29 is 4.79 Å². The van der Waals surface area contributed by atoms with Crippen molar-refractivity contribution in [1.82, 2.24) is 20.4 Å². The van der Waals surface area contributed by atoms with Gasteiger partial charge < -0.3 is 10.6 Å². The molecular weight excluding hydrogens is 192 g/mol. The molecule has 1 rings (SSSR count). The van der Waals surface area contributed by atoms with Gasteiger partial charge in [-0.2, -0.15) is 5.10 Å². The van der Waals surface area contributed by atoms with Gasteiger partial charge in [-0.3, -0.25) is 9.48 Å². The van der Waals surface area contributed by atoms with E-state index in [4.69, 9.17) is 0 Å². The lowest BCUT2D eigenvalue weighted by Crippen LogP contribution is -2.36. The van der Waals surface area contributed by atoms with Gasteiger partial charge in [0.05, 0.1) is 18.8 Å². The maximum Gasteiger partial charge on any atom is 0.234 e. The molecule has 5 nitrogen and oxygen atoms in total. The molecule has 1 amide bonds. The van der Waals surface area contributed by atoms with Crippen LogP contribution < -0.4 is 10.6 Å². The molecule has 15 heavy (non-hydrogen) atoms. The molecule has 0 saturated heterocycles. The molecular formula is C10H18N4O. The van der Waals surface area contributed by atoms with Crippen molar-refractivity contribution >= 4 is 5.91 Å². The van der Waals surface area contributed by atoms with E-state index in [0.29, 0.717) is 19.1 Å². The summed E-state index contributed by atoms with van der Waals surface area (Å²) in [5, 5.41) is 9.89. The average molecular weight is 210 g/mol. The van der Waals surface area contributed by atoms with Gasteiger partial charge in [0.25, 0.3) is 0 Å². The van der Waals surface area contributed by atoms with Crippen molar-refractivity contribution in [1.29, 1.82) is 0 Å². The Morgan fingerprint density at radius 2 is 2.33 bits per heavy atom. The number of nitrogens with zero attached hydrogens (tertiary/aromatic N) is 2. The molecule has 1 aromatic rings. The Kier molecular flexibility index (Phi) is 4.30. The lowest BCUT2D eigenvalue weighted by Gasteiger charge is -2.08. The lowest BCUT2D eigenvalue weighted by molar-refractivity contribution is -0.120. The highest BCUT2D eigenvalue weighted by Crippen LogP contribution is 1.94.